The highest BCUT2D eigenvalue weighted by Gasteiger charge is 2.22. The van der Waals surface area contributed by atoms with E-state index < -0.39 is 0 Å². The Bertz CT molecular complexity index is 645. The van der Waals surface area contributed by atoms with Crippen LogP contribution in [0.5, 0.6) is 0 Å². The molecule has 0 unspecified atom stereocenters. The van der Waals surface area contributed by atoms with Gasteiger partial charge in [-0.25, -0.2) is 4.68 Å². The molecular formula is C14H16Cl3N3O. The van der Waals surface area contributed by atoms with Gasteiger partial charge in [-0.1, -0.05) is 41.7 Å². The van der Waals surface area contributed by atoms with E-state index in [0.717, 1.165) is 17.1 Å². The molecule has 0 aliphatic carbocycles. The zero-order valence-electron chi connectivity index (χ0n) is 12.0. The topological polar surface area (TPSA) is 41.3 Å². The lowest BCUT2D eigenvalue weighted by Crippen LogP contribution is -2.16. The molecule has 0 spiro atoms. The number of nitrogens with zero attached hydrogens (tertiary/aromatic N) is 3. The van der Waals surface area contributed by atoms with Crippen LogP contribution < -0.4 is 4.90 Å². The minimum atomic E-state index is -0.0977. The smallest absolute Gasteiger partial charge is 0.137 e. The molecule has 0 atom stereocenters. The molecule has 0 fully saturated rings. The van der Waals surface area contributed by atoms with E-state index in [1.165, 1.54) is 0 Å². The highest BCUT2D eigenvalue weighted by Crippen LogP contribution is 2.36. The molecule has 0 aliphatic rings. The van der Waals surface area contributed by atoms with Gasteiger partial charge in [0, 0.05) is 24.7 Å². The molecule has 7 heteroatoms. The number of halogens is 3. The molecule has 114 valence electrons. The summed E-state index contributed by atoms with van der Waals surface area (Å²) < 4.78 is 1.66. The van der Waals surface area contributed by atoms with Crippen molar-refractivity contribution in [1.29, 1.82) is 0 Å². The number of anilines is 1. The number of aliphatic hydroxyl groups excluding tert-OH is 1. The van der Waals surface area contributed by atoms with E-state index in [1.807, 2.05) is 25.9 Å². The number of benzene rings is 1. The quantitative estimate of drug-likeness (QED) is 0.909. The number of hydrogen-bond acceptors (Lipinski definition) is 3. The first-order valence-electron chi connectivity index (χ1n) is 6.44. The molecule has 0 saturated carbocycles. The zero-order chi connectivity index (χ0) is 15.7. The Hall–Kier alpha value is -0.940. The Morgan fingerprint density at radius 1 is 1.19 bits per heavy atom. The van der Waals surface area contributed by atoms with E-state index in [2.05, 4.69) is 5.10 Å². The first-order chi connectivity index (χ1) is 9.90. The van der Waals surface area contributed by atoms with E-state index in [4.69, 9.17) is 34.8 Å². The van der Waals surface area contributed by atoms with Gasteiger partial charge in [-0.3, -0.25) is 0 Å². The minimum Gasteiger partial charge on any atom is -0.391 e. The molecule has 2 aromatic rings. The molecule has 1 aromatic heterocycles. The molecule has 0 radical (unpaired) electrons. The van der Waals surface area contributed by atoms with Crippen LogP contribution >= 0.6 is 34.8 Å². The zero-order valence-corrected chi connectivity index (χ0v) is 14.3. The maximum Gasteiger partial charge on any atom is 0.137 e. The second-order valence-corrected chi connectivity index (χ2v) is 6.04. The van der Waals surface area contributed by atoms with Crippen molar-refractivity contribution in [2.75, 3.05) is 19.0 Å². The predicted molar refractivity (Wildman–Crippen MR) is 88.2 cm³/mol. The summed E-state index contributed by atoms with van der Waals surface area (Å²) in [6, 6.07) is 3.24. The van der Waals surface area contributed by atoms with Crippen LogP contribution in [-0.2, 0) is 13.0 Å². The van der Waals surface area contributed by atoms with E-state index in [9.17, 15) is 5.11 Å². The maximum absolute atomic E-state index is 9.66. The van der Waals surface area contributed by atoms with Crippen LogP contribution in [0, 0.1) is 0 Å². The summed E-state index contributed by atoms with van der Waals surface area (Å²) in [6.45, 7) is 1.88. The lowest BCUT2D eigenvalue weighted by molar-refractivity contribution is 0.281. The van der Waals surface area contributed by atoms with Crippen LogP contribution in [0.4, 0.5) is 5.82 Å². The summed E-state index contributed by atoms with van der Waals surface area (Å²) in [5.74, 6) is 0.750. The van der Waals surface area contributed by atoms with Crippen LogP contribution in [-0.4, -0.2) is 29.0 Å². The van der Waals surface area contributed by atoms with Crippen LogP contribution in [0.1, 0.15) is 18.2 Å². The van der Waals surface area contributed by atoms with Crippen LogP contribution in [0.15, 0.2) is 12.1 Å². The summed E-state index contributed by atoms with van der Waals surface area (Å²) in [6.07, 6.45) is 0.701. The highest BCUT2D eigenvalue weighted by molar-refractivity contribution is 6.40. The second-order valence-electron chi connectivity index (χ2n) is 4.78. The van der Waals surface area contributed by atoms with Crippen molar-refractivity contribution >= 4 is 40.6 Å². The standard InChI is InChI=1S/C14H16Cl3N3O/c1-4-12-9(7-21)14(19(2)3)20(18-12)13-10(16)5-8(15)6-11(13)17/h5-6,21H,4,7H2,1-3H3. The molecular weight excluding hydrogens is 333 g/mol. The monoisotopic (exact) mass is 347 g/mol. The van der Waals surface area contributed by atoms with E-state index in [0.29, 0.717) is 27.2 Å². The van der Waals surface area contributed by atoms with Crippen molar-refractivity contribution in [3.05, 3.63) is 38.5 Å². The first-order valence-corrected chi connectivity index (χ1v) is 7.57. The Labute approximate surface area is 138 Å². The predicted octanol–water partition coefficient (Wildman–Crippen LogP) is 3.95. The van der Waals surface area contributed by atoms with Crippen molar-refractivity contribution in [3.63, 3.8) is 0 Å². The van der Waals surface area contributed by atoms with Crippen LogP contribution in [0.3, 0.4) is 0 Å². The molecule has 1 N–H and O–H groups in total. The second kappa shape index (κ2) is 6.44. The lowest BCUT2D eigenvalue weighted by atomic mass is 10.2. The molecule has 0 bridgehead atoms. The molecule has 0 saturated heterocycles. The Kier molecular flexibility index (Phi) is 5.04. The van der Waals surface area contributed by atoms with Gasteiger partial charge in [-0.05, 0) is 18.6 Å². The van der Waals surface area contributed by atoms with Gasteiger partial charge in [0.05, 0.1) is 22.3 Å². The fraction of sp³-hybridized carbons (Fsp3) is 0.357. The van der Waals surface area contributed by atoms with Gasteiger partial charge in [0.2, 0.25) is 0 Å². The molecule has 4 nitrogen and oxygen atoms in total. The van der Waals surface area contributed by atoms with Crippen LogP contribution in [0.2, 0.25) is 15.1 Å². The van der Waals surface area contributed by atoms with E-state index in [1.54, 1.807) is 16.8 Å². The first kappa shape index (κ1) is 16.4. The molecule has 0 amide bonds. The van der Waals surface area contributed by atoms with Crippen molar-refractivity contribution in [2.45, 2.75) is 20.0 Å². The summed E-state index contributed by atoms with van der Waals surface area (Å²) in [5.41, 5.74) is 2.13. The van der Waals surface area contributed by atoms with Gasteiger partial charge in [0.15, 0.2) is 0 Å². The van der Waals surface area contributed by atoms with Crippen LogP contribution in [0.25, 0.3) is 5.69 Å². The third kappa shape index (κ3) is 2.99. The summed E-state index contributed by atoms with van der Waals surface area (Å²) in [4.78, 5) is 1.87. The largest absolute Gasteiger partial charge is 0.391 e. The van der Waals surface area contributed by atoms with Crippen molar-refractivity contribution < 1.29 is 5.11 Å². The number of hydrogen-bond donors (Lipinski definition) is 1. The van der Waals surface area contributed by atoms with Gasteiger partial charge in [0.1, 0.15) is 11.5 Å². The molecule has 2 rings (SSSR count). The van der Waals surface area contributed by atoms with Gasteiger partial charge < -0.3 is 10.0 Å². The SMILES string of the molecule is CCc1nn(-c2c(Cl)cc(Cl)cc2Cl)c(N(C)C)c1CO. The Morgan fingerprint density at radius 3 is 2.19 bits per heavy atom. The summed E-state index contributed by atoms with van der Waals surface area (Å²) >= 11 is 18.5. The molecule has 21 heavy (non-hydrogen) atoms. The lowest BCUT2D eigenvalue weighted by Gasteiger charge is -2.18. The average Bonchev–Trinajstić information content (AvgIpc) is 2.75. The van der Waals surface area contributed by atoms with Gasteiger partial charge in [-0.2, -0.15) is 5.10 Å². The highest BCUT2D eigenvalue weighted by atomic mass is 35.5. The Morgan fingerprint density at radius 2 is 1.76 bits per heavy atom. The third-order valence-corrected chi connectivity index (χ3v) is 3.94. The number of aliphatic hydroxyl groups is 1. The average molecular weight is 349 g/mol. The van der Waals surface area contributed by atoms with Gasteiger partial charge in [-0.15, -0.1) is 0 Å². The normalized spacial score (nSPS) is 11.0. The van der Waals surface area contributed by atoms with Crippen molar-refractivity contribution in [1.82, 2.24) is 9.78 Å². The summed E-state index contributed by atoms with van der Waals surface area (Å²) in [5, 5.41) is 15.5. The molecule has 0 aliphatic heterocycles. The Balaban J connectivity index is 2.78. The number of rotatable bonds is 4. The van der Waals surface area contributed by atoms with Crippen molar-refractivity contribution in [3.8, 4) is 5.69 Å². The van der Waals surface area contributed by atoms with Crippen molar-refractivity contribution in [2.24, 2.45) is 0 Å². The summed E-state index contributed by atoms with van der Waals surface area (Å²) in [7, 11) is 3.76. The van der Waals surface area contributed by atoms with Gasteiger partial charge in [0.25, 0.3) is 0 Å². The number of aryl methyl sites for hydroxylation is 1. The number of aromatic nitrogens is 2. The fourth-order valence-corrected chi connectivity index (χ4v) is 3.26. The minimum absolute atomic E-state index is 0.0977. The van der Waals surface area contributed by atoms with E-state index in [-0.39, 0.29) is 6.61 Å². The van der Waals surface area contributed by atoms with Gasteiger partial charge >= 0.3 is 0 Å². The fourth-order valence-electron chi connectivity index (χ4n) is 2.28. The molecule has 1 aromatic carbocycles. The third-order valence-electron chi connectivity index (χ3n) is 3.15. The molecule has 1 heterocycles. The maximum atomic E-state index is 9.66. The van der Waals surface area contributed by atoms with E-state index >= 15 is 0 Å².